The number of hydrogen-bond donors (Lipinski definition) is 1. The first-order chi connectivity index (χ1) is 10.2. The van der Waals surface area contributed by atoms with Crippen molar-refractivity contribution in [3.63, 3.8) is 0 Å². The molecule has 2 rings (SSSR count). The highest BCUT2D eigenvalue weighted by atomic mass is 32.2. The quantitative estimate of drug-likeness (QED) is 0.590. The topological polar surface area (TPSA) is 57.6 Å². The number of amides is 2. The molecular weight excluding hydrogens is 306 g/mol. The molecule has 0 aliphatic carbocycles. The van der Waals surface area contributed by atoms with Crippen LogP contribution in [0.1, 0.15) is 31.1 Å². The van der Waals surface area contributed by atoms with E-state index in [1.165, 1.54) is 28.0 Å². The van der Waals surface area contributed by atoms with Crippen LogP contribution in [0.15, 0.2) is 22.4 Å². The van der Waals surface area contributed by atoms with Crippen molar-refractivity contribution in [3.05, 3.63) is 27.3 Å². The maximum atomic E-state index is 12.6. The molecule has 1 aromatic heterocycles. The van der Waals surface area contributed by atoms with E-state index >= 15 is 0 Å². The lowest BCUT2D eigenvalue weighted by Crippen LogP contribution is -2.32. The molecule has 1 N–H and O–H groups in total. The van der Waals surface area contributed by atoms with Gasteiger partial charge in [0.25, 0.3) is 11.8 Å². The fourth-order valence-electron chi connectivity index (χ4n) is 2.20. The van der Waals surface area contributed by atoms with E-state index in [4.69, 9.17) is 5.11 Å². The molecule has 2 heterocycles. The maximum absolute atomic E-state index is 12.6. The number of nitrogens with zero attached hydrogens (tertiary/aromatic N) is 1. The number of unbranched alkanes of at least 4 members (excludes halogenated alkanes) is 2. The van der Waals surface area contributed by atoms with Gasteiger partial charge in [0.05, 0.1) is 17.1 Å². The Hall–Kier alpha value is -1.11. The molecule has 0 spiro atoms. The molecule has 2 amide bonds. The van der Waals surface area contributed by atoms with Crippen LogP contribution in [-0.2, 0) is 9.59 Å². The number of carbonyl (C=O) groups excluding carboxylic acids is 2. The molecule has 0 bridgehead atoms. The van der Waals surface area contributed by atoms with Crippen molar-refractivity contribution in [2.75, 3.05) is 18.9 Å². The highest BCUT2D eigenvalue weighted by molar-refractivity contribution is 8.04. The van der Waals surface area contributed by atoms with Gasteiger partial charge in [0, 0.05) is 17.2 Å². The van der Waals surface area contributed by atoms with Gasteiger partial charge in [-0.25, -0.2) is 0 Å². The third-order valence-electron chi connectivity index (χ3n) is 3.22. The molecular formula is C15H19NO3S2. The first kappa shape index (κ1) is 16.3. The van der Waals surface area contributed by atoms with Gasteiger partial charge in [-0.3, -0.25) is 14.5 Å². The summed E-state index contributed by atoms with van der Waals surface area (Å²) in [6.45, 7) is 2.55. The number of thiophene rings is 1. The Balaban J connectivity index is 2.24. The summed E-state index contributed by atoms with van der Waals surface area (Å²) >= 11 is 2.73. The van der Waals surface area contributed by atoms with Crippen molar-refractivity contribution in [2.24, 2.45) is 0 Å². The van der Waals surface area contributed by atoms with E-state index in [0.29, 0.717) is 22.8 Å². The third-order valence-corrected chi connectivity index (χ3v) is 5.16. The lowest BCUT2D eigenvalue weighted by molar-refractivity contribution is -0.136. The van der Waals surface area contributed by atoms with Crippen molar-refractivity contribution < 1.29 is 14.7 Å². The normalized spacial score (nSPS) is 15.4. The highest BCUT2D eigenvalue weighted by Gasteiger charge is 2.38. The number of imide groups is 1. The molecule has 21 heavy (non-hydrogen) atoms. The van der Waals surface area contributed by atoms with Crippen LogP contribution < -0.4 is 0 Å². The van der Waals surface area contributed by atoms with Crippen molar-refractivity contribution in [1.82, 2.24) is 4.90 Å². The average Bonchev–Trinajstić information content (AvgIpc) is 3.07. The summed E-state index contributed by atoms with van der Waals surface area (Å²) in [5.74, 6) is 0.0170. The maximum Gasteiger partial charge on any atom is 0.268 e. The van der Waals surface area contributed by atoms with Gasteiger partial charge in [-0.1, -0.05) is 25.8 Å². The molecule has 6 heteroatoms. The van der Waals surface area contributed by atoms with Crippen molar-refractivity contribution in [2.45, 2.75) is 26.2 Å². The fourth-order valence-corrected chi connectivity index (χ4v) is 3.90. The van der Waals surface area contributed by atoms with Gasteiger partial charge in [-0.2, -0.15) is 0 Å². The summed E-state index contributed by atoms with van der Waals surface area (Å²) in [5, 5.41) is 10.9. The number of aliphatic hydroxyl groups is 1. The Kier molecular flexibility index (Phi) is 6.02. The average molecular weight is 325 g/mol. The van der Waals surface area contributed by atoms with Crippen LogP contribution in [0.25, 0.3) is 5.57 Å². The summed E-state index contributed by atoms with van der Waals surface area (Å²) in [5.41, 5.74) is 0.505. The molecule has 0 radical (unpaired) electrons. The molecule has 0 unspecified atom stereocenters. The van der Waals surface area contributed by atoms with Crippen molar-refractivity contribution in [1.29, 1.82) is 0 Å². The first-order valence-corrected chi connectivity index (χ1v) is 8.95. The third kappa shape index (κ3) is 3.56. The fraction of sp³-hybridized carbons (Fsp3) is 0.467. The number of carbonyl (C=O) groups is 2. The van der Waals surface area contributed by atoms with Crippen LogP contribution in [-0.4, -0.2) is 40.7 Å². The van der Waals surface area contributed by atoms with Crippen LogP contribution in [0.3, 0.4) is 0 Å². The van der Waals surface area contributed by atoms with E-state index in [2.05, 4.69) is 6.92 Å². The highest BCUT2D eigenvalue weighted by Crippen LogP contribution is 2.37. The molecule has 1 aliphatic heterocycles. The minimum atomic E-state index is -0.210. The Bertz CT molecular complexity index is 537. The SMILES string of the molecule is CCCCCN1C(=O)C(SCCO)=C(c2cccs2)C1=O. The molecule has 114 valence electrons. The lowest BCUT2D eigenvalue weighted by atomic mass is 10.2. The van der Waals surface area contributed by atoms with Gasteiger partial charge in [0.1, 0.15) is 0 Å². The van der Waals surface area contributed by atoms with Crippen LogP contribution in [0.2, 0.25) is 0 Å². The van der Waals surface area contributed by atoms with E-state index in [9.17, 15) is 9.59 Å². The van der Waals surface area contributed by atoms with E-state index in [0.717, 1.165) is 24.1 Å². The summed E-state index contributed by atoms with van der Waals surface area (Å²) in [4.78, 5) is 27.7. The standard InChI is InChI=1S/C15H19NO3S2/c1-2-3-4-7-16-14(18)12(11-6-5-9-20-11)13(15(16)19)21-10-8-17/h5-6,9,17H,2-4,7-8,10H2,1H3. The number of hydrogen-bond acceptors (Lipinski definition) is 5. The zero-order valence-electron chi connectivity index (χ0n) is 12.0. The van der Waals surface area contributed by atoms with Crippen LogP contribution in [0.4, 0.5) is 0 Å². The smallest absolute Gasteiger partial charge is 0.268 e. The monoisotopic (exact) mass is 325 g/mol. The second-order valence-corrected chi connectivity index (χ2v) is 6.78. The second-order valence-electron chi connectivity index (χ2n) is 4.72. The van der Waals surface area contributed by atoms with E-state index in [-0.39, 0.29) is 18.4 Å². The van der Waals surface area contributed by atoms with Crippen LogP contribution in [0.5, 0.6) is 0 Å². The summed E-state index contributed by atoms with van der Waals surface area (Å²) in [7, 11) is 0. The Labute approximate surface area is 132 Å². The minimum absolute atomic E-state index is 0.0107. The molecule has 1 aromatic rings. The van der Waals surface area contributed by atoms with Crippen molar-refractivity contribution in [3.8, 4) is 0 Å². The number of thioether (sulfide) groups is 1. The second kappa shape index (κ2) is 7.77. The van der Waals surface area contributed by atoms with Crippen LogP contribution >= 0.6 is 23.1 Å². The first-order valence-electron chi connectivity index (χ1n) is 7.08. The molecule has 0 fully saturated rings. The molecule has 0 aromatic carbocycles. The number of rotatable bonds is 8. The van der Waals surface area contributed by atoms with Gasteiger partial charge in [-0.15, -0.1) is 23.1 Å². The zero-order chi connectivity index (χ0) is 15.2. The van der Waals surface area contributed by atoms with Gasteiger partial charge in [-0.05, 0) is 17.9 Å². The van der Waals surface area contributed by atoms with E-state index in [1.807, 2.05) is 17.5 Å². The van der Waals surface area contributed by atoms with Gasteiger partial charge in [0.15, 0.2) is 0 Å². The number of aliphatic hydroxyl groups excluding tert-OH is 1. The Morgan fingerprint density at radius 3 is 2.71 bits per heavy atom. The molecule has 4 nitrogen and oxygen atoms in total. The Morgan fingerprint density at radius 1 is 1.29 bits per heavy atom. The van der Waals surface area contributed by atoms with Crippen molar-refractivity contribution >= 4 is 40.5 Å². The summed E-state index contributed by atoms with van der Waals surface area (Å²) < 4.78 is 0. The zero-order valence-corrected chi connectivity index (χ0v) is 13.6. The summed E-state index contributed by atoms with van der Waals surface area (Å²) in [6, 6.07) is 3.74. The summed E-state index contributed by atoms with van der Waals surface area (Å²) in [6.07, 6.45) is 2.89. The van der Waals surface area contributed by atoms with E-state index < -0.39 is 0 Å². The van der Waals surface area contributed by atoms with Gasteiger partial charge >= 0.3 is 0 Å². The predicted molar refractivity (Wildman–Crippen MR) is 87.0 cm³/mol. The van der Waals surface area contributed by atoms with Gasteiger partial charge in [0.2, 0.25) is 0 Å². The minimum Gasteiger partial charge on any atom is -0.396 e. The molecule has 0 saturated carbocycles. The van der Waals surface area contributed by atoms with E-state index in [1.54, 1.807) is 0 Å². The van der Waals surface area contributed by atoms with Gasteiger partial charge < -0.3 is 5.11 Å². The van der Waals surface area contributed by atoms with Crippen LogP contribution in [0, 0.1) is 0 Å². The molecule has 1 aliphatic rings. The predicted octanol–water partition coefficient (Wildman–Crippen LogP) is 2.74. The molecule has 0 saturated heterocycles. The largest absolute Gasteiger partial charge is 0.396 e. The lowest BCUT2D eigenvalue weighted by Gasteiger charge is -2.14. The molecule has 0 atom stereocenters. The Morgan fingerprint density at radius 2 is 2.10 bits per heavy atom.